The molecular formula is C36H71BO3. The van der Waals surface area contributed by atoms with Crippen molar-refractivity contribution in [3.8, 4) is 0 Å². The summed E-state index contributed by atoms with van der Waals surface area (Å²) in [6.45, 7) is 5.74. The van der Waals surface area contributed by atoms with Crippen molar-refractivity contribution in [1.29, 1.82) is 0 Å². The first-order chi connectivity index (χ1) is 19.8. The molecule has 0 aliphatic rings. The molecule has 0 aliphatic heterocycles. The van der Waals surface area contributed by atoms with Crippen LogP contribution in [0.5, 0.6) is 0 Å². The minimum absolute atomic E-state index is 0.593. The van der Waals surface area contributed by atoms with Crippen LogP contribution in [0.4, 0.5) is 0 Å². The molecule has 1 N–H and O–H groups in total. The smallest absolute Gasteiger partial charge is 0.402 e. The molecular weight excluding hydrogens is 491 g/mol. The van der Waals surface area contributed by atoms with Crippen LogP contribution in [0, 0.1) is 0 Å². The largest absolute Gasteiger partial charge is 0.636 e. The molecule has 0 aromatic heterocycles. The van der Waals surface area contributed by atoms with Gasteiger partial charge in [0.1, 0.15) is 0 Å². The Balaban J connectivity index is 3.22. The first kappa shape index (κ1) is 39.4. The van der Waals surface area contributed by atoms with Crippen molar-refractivity contribution < 1.29 is 14.3 Å². The Morgan fingerprint density at radius 2 is 0.625 bits per heavy atom. The van der Waals surface area contributed by atoms with Gasteiger partial charge in [0.2, 0.25) is 0 Å². The van der Waals surface area contributed by atoms with Gasteiger partial charge in [-0.25, -0.2) is 0 Å². The van der Waals surface area contributed by atoms with Gasteiger partial charge in [0.05, 0.1) is 0 Å². The Hall–Kier alpha value is -0.575. The Labute approximate surface area is 252 Å². The third-order valence-corrected chi connectivity index (χ3v) is 7.83. The van der Waals surface area contributed by atoms with Gasteiger partial charge in [0.25, 0.3) is 0 Å². The predicted octanol–water partition coefficient (Wildman–Crippen LogP) is 12.1. The minimum Gasteiger partial charge on any atom is -0.402 e. The van der Waals surface area contributed by atoms with Gasteiger partial charge in [0, 0.05) is 13.2 Å². The van der Waals surface area contributed by atoms with Crippen LogP contribution in [0.1, 0.15) is 194 Å². The van der Waals surface area contributed by atoms with E-state index in [1.165, 1.54) is 167 Å². The van der Waals surface area contributed by atoms with E-state index in [0.29, 0.717) is 13.2 Å². The maximum absolute atomic E-state index is 9.84. The summed E-state index contributed by atoms with van der Waals surface area (Å²) in [5.74, 6) is 0. The molecule has 0 aliphatic carbocycles. The molecule has 0 rings (SSSR count). The average Bonchev–Trinajstić information content (AvgIpc) is 2.96. The minimum atomic E-state index is -1.05. The third kappa shape index (κ3) is 35.5. The van der Waals surface area contributed by atoms with Gasteiger partial charge in [-0.05, 0) is 64.2 Å². The molecule has 0 aromatic rings. The van der Waals surface area contributed by atoms with Crippen LogP contribution in [0.15, 0.2) is 24.3 Å². The Morgan fingerprint density at radius 3 is 0.925 bits per heavy atom. The molecule has 0 unspecified atom stereocenters. The van der Waals surface area contributed by atoms with Crippen LogP contribution in [0.3, 0.4) is 0 Å². The van der Waals surface area contributed by atoms with Crippen LogP contribution in [-0.2, 0) is 9.31 Å². The van der Waals surface area contributed by atoms with Gasteiger partial charge >= 0.3 is 7.32 Å². The lowest BCUT2D eigenvalue weighted by atomic mass is 10.1. The van der Waals surface area contributed by atoms with E-state index >= 15 is 0 Å². The van der Waals surface area contributed by atoms with Crippen LogP contribution in [0.2, 0.25) is 0 Å². The zero-order chi connectivity index (χ0) is 29.0. The fourth-order valence-electron chi connectivity index (χ4n) is 5.12. The fraction of sp³-hybridized carbons (Fsp3) is 0.889. The molecule has 236 valence electrons. The zero-order valence-corrected chi connectivity index (χ0v) is 27.4. The second-order valence-electron chi connectivity index (χ2n) is 11.9. The van der Waals surface area contributed by atoms with E-state index in [1.54, 1.807) is 0 Å². The number of allylic oxidation sites excluding steroid dienone is 4. The first-order valence-electron chi connectivity index (χ1n) is 18.0. The Kier molecular flexibility index (Phi) is 35.9. The molecule has 40 heavy (non-hydrogen) atoms. The highest BCUT2D eigenvalue weighted by Gasteiger charge is 2.14. The summed E-state index contributed by atoms with van der Waals surface area (Å²) in [5.41, 5.74) is 0. The maximum atomic E-state index is 9.84. The van der Waals surface area contributed by atoms with Crippen molar-refractivity contribution >= 4 is 7.32 Å². The Morgan fingerprint density at radius 1 is 0.375 bits per heavy atom. The van der Waals surface area contributed by atoms with Gasteiger partial charge in [-0.1, -0.05) is 154 Å². The van der Waals surface area contributed by atoms with Crippen LogP contribution in [0.25, 0.3) is 0 Å². The SMILES string of the molecule is CCCCCCCCC=CCCCCCCCCOB(O)OCCCCCCCCC=CCCCCCCCC. The fourth-order valence-corrected chi connectivity index (χ4v) is 5.12. The van der Waals surface area contributed by atoms with Crippen LogP contribution < -0.4 is 0 Å². The van der Waals surface area contributed by atoms with E-state index in [9.17, 15) is 5.02 Å². The molecule has 0 fully saturated rings. The summed E-state index contributed by atoms with van der Waals surface area (Å²) >= 11 is 0. The number of hydrogen-bond donors (Lipinski definition) is 1. The first-order valence-corrected chi connectivity index (χ1v) is 18.0. The summed E-state index contributed by atoms with van der Waals surface area (Å²) in [6, 6.07) is 0. The standard InChI is InChI=1S/C36H71BO3/c1-3-5-7-9-11-13-15-17-19-21-23-25-27-29-31-33-35-39-37(38)40-36-34-32-30-28-26-24-22-20-18-16-14-12-10-8-6-4-2/h17-20,38H,3-16,21-36H2,1-2H3. The molecule has 0 aromatic carbocycles. The molecule has 0 heterocycles. The van der Waals surface area contributed by atoms with E-state index < -0.39 is 7.32 Å². The van der Waals surface area contributed by atoms with Crippen molar-refractivity contribution in [2.45, 2.75) is 194 Å². The molecule has 0 spiro atoms. The molecule has 0 saturated carbocycles. The summed E-state index contributed by atoms with van der Waals surface area (Å²) in [5, 5.41) is 9.84. The highest BCUT2D eigenvalue weighted by Crippen LogP contribution is 2.12. The monoisotopic (exact) mass is 563 g/mol. The van der Waals surface area contributed by atoms with Crippen LogP contribution >= 0.6 is 0 Å². The number of unbranched alkanes of at least 4 members (excludes halogenated alkanes) is 24. The summed E-state index contributed by atoms with van der Waals surface area (Å²) in [7, 11) is -1.05. The Bertz CT molecular complexity index is 464. The van der Waals surface area contributed by atoms with Gasteiger partial charge in [-0.15, -0.1) is 0 Å². The third-order valence-electron chi connectivity index (χ3n) is 7.83. The lowest BCUT2D eigenvalue weighted by Crippen LogP contribution is -2.23. The lowest BCUT2D eigenvalue weighted by Gasteiger charge is -2.09. The molecule has 0 amide bonds. The molecule has 0 radical (unpaired) electrons. The normalized spacial score (nSPS) is 11.9. The molecule has 0 atom stereocenters. The lowest BCUT2D eigenvalue weighted by molar-refractivity contribution is 0.128. The van der Waals surface area contributed by atoms with Gasteiger partial charge in [0.15, 0.2) is 0 Å². The highest BCUT2D eigenvalue weighted by atomic mass is 16.7. The van der Waals surface area contributed by atoms with Crippen molar-refractivity contribution in [3.05, 3.63) is 24.3 Å². The summed E-state index contributed by atoms with van der Waals surface area (Å²) < 4.78 is 10.8. The second-order valence-corrected chi connectivity index (χ2v) is 11.9. The molecule has 4 heteroatoms. The summed E-state index contributed by atoms with van der Waals surface area (Å²) in [4.78, 5) is 0. The van der Waals surface area contributed by atoms with E-state index in [0.717, 1.165) is 12.8 Å². The quantitative estimate of drug-likeness (QED) is 0.0481. The topological polar surface area (TPSA) is 38.7 Å². The van der Waals surface area contributed by atoms with E-state index in [1.807, 2.05) is 0 Å². The number of rotatable bonds is 34. The predicted molar refractivity (Wildman–Crippen MR) is 179 cm³/mol. The highest BCUT2D eigenvalue weighted by molar-refractivity contribution is 6.34. The number of hydrogen-bond acceptors (Lipinski definition) is 3. The summed E-state index contributed by atoms with van der Waals surface area (Å²) in [6.07, 6.45) is 46.0. The van der Waals surface area contributed by atoms with Crippen molar-refractivity contribution in [2.75, 3.05) is 13.2 Å². The average molecular weight is 563 g/mol. The van der Waals surface area contributed by atoms with Gasteiger partial charge in [-0.2, -0.15) is 0 Å². The van der Waals surface area contributed by atoms with Crippen molar-refractivity contribution in [1.82, 2.24) is 0 Å². The maximum Gasteiger partial charge on any atom is 0.636 e. The zero-order valence-electron chi connectivity index (χ0n) is 27.4. The van der Waals surface area contributed by atoms with Gasteiger partial charge in [-0.3, -0.25) is 0 Å². The molecule has 0 bridgehead atoms. The molecule has 0 saturated heterocycles. The van der Waals surface area contributed by atoms with E-state index in [-0.39, 0.29) is 0 Å². The van der Waals surface area contributed by atoms with E-state index in [2.05, 4.69) is 38.2 Å². The van der Waals surface area contributed by atoms with Gasteiger partial charge < -0.3 is 14.3 Å². The molecule has 3 nitrogen and oxygen atoms in total. The van der Waals surface area contributed by atoms with Crippen molar-refractivity contribution in [3.63, 3.8) is 0 Å². The van der Waals surface area contributed by atoms with E-state index in [4.69, 9.17) is 9.31 Å². The van der Waals surface area contributed by atoms with Crippen LogP contribution in [-0.4, -0.2) is 25.6 Å². The second kappa shape index (κ2) is 36.5. The van der Waals surface area contributed by atoms with Crippen molar-refractivity contribution in [2.24, 2.45) is 0 Å².